The highest BCUT2D eigenvalue weighted by Gasteiger charge is 2.36. The Bertz CT molecular complexity index is 1550. The van der Waals surface area contributed by atoms with Gasteiger partial charge >= 0.3 is 0 Å². The fourth-order valence-electron chi connectivity index (χ4n) is 5.32. The molecule has 1 saturated heterocycles. The highest BCUT2D eigenvalue weighted by atomic mass is 32.2. The number of hydrogen-bond donors (Lipinski definition) is 1. The van der Waals surface area contributed by atoms with E-state index in [1.807, 2.05) is 4.52 Å². The number of aromatic nitrogens is 5. The third-order valence-electron chi connectivity index (χ3n) is 7.34. The molecule has 1 aliphatic heterocycles. The summed E-state index contributed by atoms with van der Waals surface area (Å²) in [6.07, 6.45) is 4.96. The molecule has 194 valence electrons. The minimum absolute atomic E-state index is 0.155. The average Bonchev–Trinajstić information content (AvgIpc) is 3.47. The molecule has 0 radical (unpaired) electrons. The van der Waals surface area contributed by atoms with Gasteiger partial charge in [0.1, 0.15) is 26.5 Å². The number of aryl methyl sites for hydroxylation is 1. The Kier molecular flexibility index (Phi) is 6.16. The summed E-state index contributed by atoms with van der Waals surface area (Å²) in [5.41, 5.74) is 7.53. The van der Waals surface area contributed by atoms with Crippen LogP contribution in [-0.2, 0) is 9.84 Å². The lowest BCUT2D eigenvalue weighted by Gasteiger charge is -2.47. The summed E-state index contributed by atoms with van der Waals surface area (Å²) >= 11 is 1.70. The summed E-state index contributed by atoms with van der Waals surface area (Å²) in [7, 11) is -2.97. The van der Waals surface area contributed by atoms with Crippen molar-refractivity contribution in [1.82, 2.24) is 29.5 Å². The van der Waals surface area contributed by atoms with Crippen molar-refractivity contribution in [1.29, 1.82) is 0 Å². The molecule has 0 aliphatic carbocycles. The summed E-state index contributed by atoms with van der Waals surface area (Å²) < 4.78 is 25.1. The maximum absolute atomic E-state index is 11.6. The molecule has 1 fully saturated rings. The fourth-order valence-corrected chi connectivity index (χ4v) is 7.08. The third-order valence-corrected chi connectivity index (χ3v) is 9.26. The fraction of sp³-hybridized carbons (Fsp3) is 0.560. The maximum atomic E-state index is 11.6. The molecular formula is C25H35N7O2S2. The summed E-state index contributed by atoms with van der Waals surface area (Å²) in [5, 5.41) is 5.39. The number of nitrogens with one attached hydrogen (secondary N) is 1. The van der Waals surface area contributed by atoms with Crippen LogP contribution in [0.1, 0.15) is 50.3 Å². The van der Waals surface area contributed by atoms with E-state index >= 15 is 0 Å². The summed E-state index contributed by atoms with van der Waals surface area (Å²) in [5.74, 6) is 0.485. The predicted octanol–water partition coefficient (Wildman–Crippen LogP) is 4.02. The molecule has 36 heavy (non-hydrogen) atoms. The molecule has 0 bridgehead atoms. The molecule has 0 saturated carbocycles. The monoisotopic (exact) mass is 529 g/mol. The van der Waals surface area contributed by atoms with Crippen LogP contribution in [0.3, 0.4) is 0 Å². The molecule has 11 heteroatoms. The van der Waals surface area contributed by atoms with Gasteiger partial charge in [-0.1, -0.05) is 25.2 Å². The number of rotatable bonds is 6. The Balaban J connectivity index is 1.50. The van der Waals surface area contributed by atoms with E-state index in [4.69, 9.17) is 4.98 Å². The first-order chi connectivity index (χ1) is 16.9. The van der Waals surface area contributed by atoms with Gasteiger partial charge in [-0.15, -0.1) is 0 Å². The van der Waals surface area contributed by atoms with Crippen LogP contribution >= 0.6 is 11.3 Å². The number of pyridine rings is 1. The zero-order valence-electron chi connectivity index (χ0n) is 22.1. The second kappa shape index (κ2) is 8.81. The van der Waals surface area contributed by atoms with Gasteiger partial charge in [-0.25, -0.2) is 22.9 Å². The van der Waals surface area contributed by atoms with Gasteiger partial charge in [0.2, 0.25) is 0 Å². The van der Waals surface area contributed by atoms with E-state index in [2.05, 4.69) is 72.6 Å². The molecule has 1 N–H and O–H groups in total. The van der Waals surface area contributed by atoms with Gasteiger partial charge in [0.15, 0.2) is 10.8 Å². The second-order valence-corrected chi connectivity index (χ2v) is 14.2. The van der Waals surface area contributed by atoms with Crippen LogP contribution in [0.15, 0.2) is 12.5 Å². The van der Waals surface area contributed by atoms with Crippen LogP contribution in [0.25, 0.3) is 27.3 Å². The average molecular weight is 530 g/mol. The molecule has 5 heterocycles. The SMILES string of the molecule is Cc1c(-c2[nH]c3sc(N4CCN(CCS(C)(=O)=O)CC4(C)C)nc3c2C(C)C)cn2ncnc2c1C. The van der Waals surface area contributed by atoms with Crippen molar-refractivity contribution in [3.63, 3.8) is 0 Å². The Morgan fingerprint density at radius 1 is 1.19 bits per heavy atom. The summed E-state index contributed by atoms with van der Waals surface area (Å²) in [4.78, 5) is 19.0. The van der Waals surface area contributed by atoms with Crippen LogP contribution in [0, 0.1) is 13.8 Å². The normalized spacial score (nSPS) is 17.2. The van der Waals surface area contributed by atoms with Gasteiger partial charge in [-0.2, -0.15) is 5.10 Å². The van der Waals surface area contributed by atoms with Crippen LogP contribution < -0.4 is 4.90 Å². The van der Waals surface area contributed by atoms with Crippen LogP contribution in [0.2, 0.25) is 0 Å². The Morgan fingerprint density at radius 3 is 2.61 bits per heavy atom. The van der Waals surface area contributed by atoms with Crippen molar-refractivity contribution >= 4 is 42.3 Å². The Hall–Kier alpha value is -2.50. The van der Waals surface area contributed by atoms with Crippen molar-refractivity contribution in [2.24, 2.45) is 0 Å². The van der Waals surface area contributed by atoms with E-state index < -0.39 is 9.84 Å². The van der Waals surface area contributed by atoms with E-state index in [1.165, 1.54) is 17.4 Å². The number of aromatic amines is 1. The summed E-state index contributed by atoms with van der Waals surface area (Å²) in [6.45, 7) is 16.1. The molecule has 4 aromatic rings. The molecule has 0 atom stereocenters. The minimum Gasteiger partial charge on any atom is -0.344 e. The molecular weight excluding hydrogens is 494 g/mol. The number of thiazole rings is 1. The van der Waals surface area contributed by atoms with Crippen LogP contribution in [-0.4, -0.2) is 81.6 Å². The lowest BCUT2D eigenvalue weighted by Crippen LogP contribution is -2.60. The third kappa shape index (κ3) is 4.41. The number of fused-ring (bicyclic) bond motifs is 2. The lowest BCUT2D eigenvalue weighted by molar-refractivity contribution is 0.192. The van der Waals surface area contributed by atoms with E-state index in [-0.39, 0.29) is 17.2 Å². The van der Waals surface area contributed by atoms with Gasteiger partial charge in [0.25, 0.3) is 0 Å². The van der Waals surface area contributed by atoms with Crippen molar-refractivity contribution in [3.8, 4) is 11.3 Å². The van der Waals surface area contributed by atoms with Crippen molar-refractivity contribution in [2.75, 3.05) is 43.1 Å². The van der Waals surface area contributed by atoms with Gasteiger partial charge < -0.3 is 9.88 Å². The van der Waals surface area contributed by atoms with E-state index in [1.54, 1.807) is 17.7 Å². The van der Waals surface area contributed by atoms with Gasteiger partial charge in [-0.05, 0) is 44.7 Å². The smallest absolute Gasteiger partial charge is 0.188 e. The Labute approximate surface area is 216 Å². The first-order valence-electron chi connectivity index (χ1n) is 12.4. The van der Waals surface area contributed by atoms with E-state index in [0.717, 1.165) is 57.6 Å². The standard InChI is InChI=1S/C25H35N7O2S2/c1-15(2)19-20(18-12-32-22(26-14-27-32)17(4)16(18)3)28-23-21(19)29-24(35-23)31-9-8-30(13-25(31,5)6)10-11-36(7,33)34/h12,14-15,28H,8-11,13H2,1-7H3. The molecule has 9 nitrogen and oxygen atoms in total. The number of piperazine rings is 1. The topological polar surface area (TPSA) is 99.5 Å². The molecule has 4 aromatic heterocycles. The second-order valence-electron chi connectivity index (χ2n) is 10.9. The molecule has 0 unspecified atom stereocenters. The minimum atomic E-state index is -2.97. The Morgan fingerprint density at radius 2 is 1.94 bits per heavy atom. The van der Waals surface area contributed by atoms with Crippen molar-refractivity contribution in [2.45, 2.75) is 53.0 Å². The number of sulfone groups is 1. The number of anilines is 1. The highest BCUT2D eigenvalue weighted by Crippen LogP contribution is 2.42. The van der Waals surface area contributed by atoms with Gasteiger partial charge in [0, 0.05) is 55.3 Å². The van der Waals surface area contributed by atoms with Crippen molar-refractivity contribution < 1.29 is 8.42 Å². The number of hydrogen-bond acceptors (Lipinski definition) is 8. The van der Waals surface area contributed by atoms with Crippen LogP contribution in [0.4, 0.5) is 5.13 Å². The quantitative estimate of drug-likeness (QED) is 0.403. The van der Waals surface area contributed by atoms with Gasteiger partial charge in [-0.3, -0.25) is 4.90 Å². The highest BCUT2D eigenvalue weighted by molar-refractivity contribution is 7.90. The lowest BCUT2D eigenvalue weighted by atomic mass is 9.96. The maximum Gasteiger partial charge on any atom is 0.188 e. The molecule has 0 amide bonds. The molecule has 5 rings (SSSR count). The number of H-pyrrole nitrogens is 1. The molecule has 0 spiro atoms. The predicted molar refractivity (Wildman–Crippen MR) is 147 cm³/mol. The molecule has 0 aromatic carbocycles. The summed E-state index contributed by atoms with van der Waals surface area (Å²) in [6, 6.07) is 0. The molecule has 1 aliphatic rings. The van der Waals surface area contributed by atoms with E-state index in [9.17, 15) is 8.42 Å². The first-order valence-corrected chi connectivity index (χ1v) is 15.2. The zero-order valence-corrected chi connectivity index (χ0v) is 23.7. The van der Waals surface area contributed by atoms with Gasteiger partial charge in [0.05, 0.1) is 11.4 Å². The number of nitrogens with zero attached hydrogens (tertiary/aromatic N) is 6. The first kappa shape index (κ1) is 25.2. The van der Waals surface area contributed by atoms with E-state index in [0.29, 0.717) is 6.54 Å². The van der Waals surface area contributed by atoms with Crippen LogP contribution in [0.5, 0.6) is 0 Å². The van der Waals surface area contributed by atoms with Crippen molar-refractivity contribution in [3.05, 3.63) is 29.2 Å². The largest absolute Gasteiger partial charge is 0.344 e. The zero-order chi connectivity index (χ0) is 26.0.